The van der Waals surface area contributed by atoms with Crippen LogP contribution in [0.4, 0.5) is 4.79 Å². The van der Waals surface area contributed by atoms with Gasteiger partial charge in [0.1, 0.15) is 5.54 Å². The van der Waals surface area contributed by atoms with Crippen molar-refractivity contribution in [3.63, 3.8) is 0 Å². The number of nitrogens with one attached hydrogen (secondary N) is 2. The number of piperazine rings is 1. The van der Waals surface area contributed by atoms with Gasteiger partial charge in [-0.05, 0) is 31.7 Å². The fraction of sp³-hybridized carbons (Fsp3) is 0.591. The lowest BCUT2D eigenvalue weighted by atomic mass is 9.93. The van der Waals surface area contributed by atoms with E-state index in [1.807, 2.05) is 35.2 Å². The van der Waals surface area contributed by atoms with Gasteiger partial charge in [0.25, 0.3) is 11.8 Å². The number of carbonyl (C=O) groups excluding carboxylic acids is 3. The molecule has 10 nitrogen and oxygen atoms in total. The van der Waals surface area contributed by atoms with E-state index in [0.717, 1.165) is 10.6 Å². The molecule has 4 amide bonds. The molecule has 2 N–H and O–H groups in total. The first kappa shape index (κ1) is 23.7. The molecule has 2 atom stereocenters. The highest BCUT2D eigenvalue weighted by molar-refractivity contribution is 7.91. The third-order valence-electron chi connectivity index (χ3n) is 6.75. The lowest BCUT2D eigenvalue weighted by molar-refractivity contribution is -0.139. The Kier molecular flexibility index (Phi) is 6.73. The second-order valence-electron chi connectivity index (χ2n) is 9.29. The summed E-state index contributed by atoms with van der Waals surface area (Å²) >= 11 is 0. The maximum absolute atomic E-state index is 12.9. The smallest absolute Gasteiger partial charge is 0.322 e. The molecule has 0 bridgehead atoms. The van der Waals surface area contributed by atoms with Crippen LogP contribution in [0.2, 0.25) is 0 Å². The molecule has 33 heavy (non-hydrogen) atoms. The Morgan fingerprint density at radius 3 is 2.48 bits per heavy atom. The minimum Gasteiger partial charge on any atom is -0.322 e. The molecule has 0 aromatic heterocycles. The summed E-state index contributed by atoms with van der Waals surface area (Å²) in [5.41, 5.74) is 2.45. The minimum absolute atomic E-state index is 0.0606. The van der Waals surface area contributed by atoms with Crippen LogP contribution in [0.3, 0.4) is 0 Å². The normalized spacial score (nSPS) is 28.2. The first-order valence-electron chi connectivity index (χ1n) is 11.3. The molecule has 1 aromatic rings. The number of sulfone groups is 1. The van der Waals surface area contributed by atoms with Gasteiger partial charge in [-0.2, -0.15) is 5.01 Å². The van der Waals surface area contributed by atoms with Gasteiger partial charge < -0.3 is 5.32 Å². The lowest BCUT2D eigenvalue weighted by Crippen LogP contribution is -2.55. The number of urea groups is 1. The van der Waals surface area contributed by atoms with Crippen molar-refractivity contribution in [2.24, 2.45) is 0 Å². The van der Waals surface area contributed by atoms with E-state index < -0.39 is 33.2 Å². The maximum Gasteiger partial charge on any atom is 0.344 e. The summed E-state index contributed by atoms with van der Waals surface area (Å²) in [6.07, 6.45) is 1.71. The van der Waals surface area contributed by atoms with Crippen molar-refractivity contribution in [3.05, 3.63) is 35.9 Å². The Hall–Kier alpha value is -2.50. The Bertz CT molecular complexity index is 1010. The van der Waals surface area contributed by atoms with Gasteiger partial charge >= 0.3 is 6.03 Å². The van der Waals surface area contributed by atoms with E-state index in [9.17, 15) is 22.8 Å². The average molecular weight is 478 g/mol. The summed E-state index contributed by atoms with van der Waals surface area (Å²) in [5.74, 6) is -0.439. The molecule has 11 heteroatoms. The number of benzene rings is 1. The highest BCUT2D eigenvalue weighted by atomic mass is 32.2. The monoisotopic (exact) mass is 477 g/mol. The van der Waals surface area contributed by atoms with E-state index in [1.54, 1.807) is 6.92 Å². The summed E-state index contributed by atoms with van der Waals surface area (Å²) in [6.45, 7) is 4.36. The van der Waals surface area contributed by atoms with Gasteiger partial charge in [-0.1, -0.05) is 30.3 Å². The second kappa shape index (κ2) is 9.40. The van der Waals surface area contributed by atoms with Gasteiger partial charge in [0.15, 0.2) is 9.84 Å². The number of carbonyl (C=O) groups is 3. The molecule has 0 unspecified atom stereocenters. The number of hydrogen-bond acceptors (Lipinski definition) is 7. The summed E-state index contributed by atoms with van der Waals surface area (Å²) in [6, 6.07) is 9.14. The van der Waals surface area contributed by atoms with Crippen molar-refractivity contribution >= 4 is 27.7 Å². The number of hydrogen-bond donors (Lipinski definition) is 2. The van der Waals surface area contributed by atoms with Crippen molar-refractivity contribution in [2.45, 2.75) is 37.8 Å². The summed E-state index contributed by atoms with van der Waals surface area (Å²) in [4.78, 5) is 42.0. The van der Waals surface area contributed by atoms with E-state index >= 15 is 0 Å². The predicted molar refractivity (Wildman–Crippen MR) is 122 cm³/mol. The van der Waals surface area contributed by atoms with Crippen LogP contribution in [0.15, 0.2) is 30.3 Å². The molecule has 3 fully saturated rings. The highest BCUT2D eigenvalue weighted by Gasteiger charge is 2.48. The van der Waals surface area contributed by atoms with Crippen molar-refractivity contribution in [1.29, 1.82) is 0 Å². The van der Waals surface area contributed by atoms with Crippen LogP contribution in [0.1, 0.15) is 25.3 Å². The third-order valence-corrected chi connectivity index (χ3v) is 8.50. The van der Waals surface area contributed by atoms with E-state index in [-0.39, 0.29) is 24.1 Å². The Morgan fingerprint density at radius 1 is 1.15 bits per heavy atom. The predicted octanol–water partition coefficient (Wildman–Crippen LogP) is -0.234. The third kappa shape index (κ3) is 5.53. The van der Waals surface area contributed by atoms with Crippen molar-refractivity contribution in [2.75, 3.05) is 44.2 Å². The molecule has 0 spiro atoms. The largest absolute Gasteiger partial charge is 0.344 e. The number of hydrazine groups is 1. The van der Waals surface area contributed by atoms with E-state index in [0.29, 0.717) is 45.4 Å². The molecule has 4 rings (SSSR count). The quantitative estimate of drug-likeness (QED) is 0.521. The average Bonchev–Trinajstić information content (AvgIpc) is 3.25. The summed E-state index contributed by atoms with van der Waals surface area (Å²) in [5, 5.41) is 3.49. The molecule has 3 heterocycles. The van der Waals surface area contributed by atoms with E-state index in [4.69, 9.17) is 0 Å². The fourth-order valence-corrected chi connectivity index (χ4v) is 6.47. The van der Waals surface area contributed by atoms with Gasteiger partial charge in [-0.3, -0.25) is 24.8 Å². The Labute approximate surface area is 194 Å². The zero-order valence-corrected chi connectivity index (χ0v) is 19.6. The standard InChI is InChI=1S/C22H31N5O5S/c1-22(9-7-17-5-3-2-4-6-17)20(29)27(21(30)23-22)24-19(28)15-25-10-12-26(13-11-25)18-8-14-33(31,32)16-18/h2-6,18H,7-16H2,1H3,(H,23,30)(H,24,28)/t18-,22+/m0/s1. The Balaban J connectivity index is 1.25. The van der Waals surface area contributed by atoms with Crippen LogP contribution < -0.4 is 10.7 Å². The van der Waals surface area contributed by atoms with Gasteiger partial charge in [0.05, 0.1) is 18.1 Å². The van der Waals surface area contributed by atoms with Gasteiger partial charge in [-0.25, -0.2) is 13.2 Å². The molecule has 0 saturated carbocycles. The molecule has 0 aliphatic carbocycles. The van der Waals surface area contributed by atoms with E-state index in [1.165, 1.54) is 0 Å². The van der Waals surface area contributed by atoms with Crippen LogP contribution in [-0.4, -0.2) is 96.9 Å². The zero-order valence-electron chi connectivity index (χ0n) is 18.8. The highest BCUT2D eigenvalue weighted by Crippen LogP contribution is 2.22. The van der Waals surface area contributed by atoms with Gasteiger partial charge in [0.2, 0.25) is 0 Å². The van der Waals surface area contributed by atoms with Crippen molar-refractivity contribution < 1.29 is 22.8 Å². The molecule has 3 saturated heterocycles. The topological polar surface area (TPSA) is 119 Å². The summed E-state index contributed by atoms with van der Waals surface area (Å²) in [7, 11) is -2.93. The van der Waals surface area contributed by atoms with Crippen molar-refractivity contribution in [1.82, 2.24) is 25.6 Å². The first-order chi connectivity index (χ1) is 15.7. The zero-order chi connectivity index (χ0) is 23.6. The minimum atomic E-state index is -2.93. The maximum atomic E-state index is 12.9. The van der Waals surface area contributed by atoms with Crippen molar-refractivity contribution in [3.8, 4) is 0 Å². The van der Waals surface area contributed by atoms with Crippen LogP contribution >= 0.6 is 0 Å². The fourth-order valence-electron chi connectivity index (χ4n) is 4.71. The lowest BCUT2D eigenvalue weighted by Gasteiger charge is -2.37. The van der Waals surface area contributed by atoms with Crippen LogP contribution in [-0.2, 0) is 25.8 Å². The van der Waals surface area contributed by atoms with Gasteiger partial charge in [0, 0.05) is 32.2 Å². The molecule has 0 radical (unpaired) electrons. The van der Waals surface area contributed by atoms with Crippen LogP contribution in [0, 0.1) is 0 Å². The Morgan fingerprint density at radius 2 is 1.85 bits per heavy atom. The molecule has 180 valence electrons. The number of imide groups is 1. The number of nitrogens with zero attached hydrogens (tertiary/aromatic N) is 3. The first-order valence-corrected chi connectivity index (χ1v) is 13.1. The molecule has 1 aromatic carbocycles. The number of rotatable bonds is 7. The number of amides is 4. The molecular formula is C22H31N5O5S. The van der Waals surface area contributed by atoms with Gasteiger partial charge in [-0.15, -0.1) is 0 Å². The molecular weight excluding hydrogens is 446 g/mol. The molecule has 3 aliphatic rings. The molecule has 3 aliphatic heterocycles. The second-order valence-corrected chi connectivity index (χ2v) is 11.5. The summed E-state index contributed by atoms with van der Waals surface area (Å²) < 4.78 is 23.4. The van der Waals surface area contributed by atoms with Crippen LogP contribution in [0.25, 0.3) is 0 Å². The van der Waals surface area contributed by atoms with E-state index in [2.05, 4.69) is 15.6 Å². The van der Waals surface area contributed by atoms with Crippen LogP contribution in [0.5, 0.6) is 0 Å². The number of aryl methyl sites for hydroxylation is 1. The SMILES string of the molecule is C[C@]1(CCc2ccccc2)NC(=O)N(NC(=O)CN2CCN([C@H]3CCS(=O)(=O)C3)CC2)C1=O.